The van der Waals surface area contributed by atoms with E-state index in [9.17, 15) is 4.79 Å². The van der Waals surface area contributed by atoms with Gasteiger partial charge in [0.15, 0.2) is 5.78 Å². The average molecular weight is 413 g/mol. The second-order valence-corrected chi connectivity index (χ2v) is 9.06. The van der Waals surface area contributed by atoms with Gasteiger partial charge in [0, 0.05) is 18.4 Å². The molecular formula is C28H44O2. The van der Waals surface area contributed by atoms with Crippen LogP contribution < -0.4 is 4.74 Å². The third-order valence-corrected chi connectivity index (χ3v) is 6.25. The van der Waals surface area contributed by atoms with Crippen LogP contribution in [0, 0.1) is 0 Å². The Bertz CT molecular complexity index is 699. The number of fused-ring (bicyclic) bond motifs is 1. The molecule has 1 aromatic carbocycles. The van der Waals surface area contributed by atoms with Crippen molar-refractivity contribution in [2.75, 3.05) is 0 Å². The largest absolute Gasteiger partial charge is 0.461 e. The summed E-state index contributed by atoms with van der Waals surface area (Å²) in [6.45, 7) is 8.37. The molecule has 2 heteroatoms. The van der Waals surface area contributed by atoms with Gasteiger partial charge in [0.05, 0.1) is 0 Å². The Kier molecular flexibility index (Phi) is 11.3. The molecule has 1 aromatic rings. The van der Waals surface area contributed by atoms with E-state index < -0.39 is 0 Å². The molecule has 0 N–H and O–H groups in total. The van der Waals surface area contributed by atoms with E-state index in [0.29, 0.717) is 0 Å². The fraction of sp³-hybridized carbons (Fsp3) is 0.679. The van der Waals surface area contributed by atoms with Crippen LogP contribution in [-0.4, -0.2) is 5.78 Å². The highest BCUT2D eigenvalue weighted by Gasteiger charge is 2.25. The van der Waals surface area contributed by atoms with Gasteiger partial charge < -0.3 is 4.74 Å². The number of carbonyl (C=O) groups excluding carboxylic acids is 1. The van der Waals surface area contributed by atoms with Gasteiger partial charge in [-0.05, 0) is 55.7 Å². The van der Waals surface area contributed by atoms with Crippen molar-refractivity contribution in [3.05, 3.63) is 40.2 Å². The molecule has 0 saturated heterocycles. The van der Waals surface area contributed by atoms with Crippen LogP contribution in [0.5, 0.6) is 5.75 Å². The van der Waals surface area contributed by atoms with Crippen molar-refractivity contribution in [1.82, 2.24) is 0 Å². The van der Waals surface area contributed by atoms with Gasteiger partial charge in [-0.15, -0.1) is 0 Å². The quantitative estimate of drug-likeness (QED) is 0.271. The molecule has 0 spiro atoms. The first kappa shape index (κ1) is 24.7. The number of hydrogen-bond donors (Lipinski definition) is 0. The Morgan fingerprint density at radius 3 is 2.03 bits per heavy atom. The number of benzene rings is 1. The lowest BCUT2D eigenvalue weighted by atomic mass is 9.90. The van der Waals surface area contributed by atoms with Crippen LogP contribution in [0.15, 0.2) is 23.5 Å². The zero-order chi connectivity index (χ0) is 21.8. The highest BCUT2D eigenvalue weighted by molar-refractivity contribution is 5.94. The molecule has 0 fully saturated rings. The van der Waals surface area contributed by atoms with Crippen molar-refractivity contribution < 1.29 is 9.53 Å². The van der Waals surface area contributed by atoms with E-state index in [0.717, 1.165) is 49.2 Å². The maximum atomic E-state index is 12.3. The number of hydrogen-bond acceptors (Lipinski definition) is 2. The average Bonchev–Trinajstić information content (AvgIpc) is 2.73. The summed E-state index contributed by atoms with van der Waals surface area (Å²) in [4.78, 5) is 12.3. The summed E-state index contributed by atoms with van der Waals surface area (Å²) >= 11 is 0. The van der Waals surface area contributed by atoms with Crippen LogP contribution in [0.1, 0.15) is 121 Å². The van der Waals surface area contributed by atoms with Crippen molar-refractivity contribution in [1.29, 1.82) is 0 Å². The molecular weight excluding hydrogens is 368 g/mol. The third kappa shape index (κ3) is 7.60. The van der Waals surface area contributed by atoms with Crippen molar-refractivity contribution in [2.24, 2.45) is 0 Å². The van der Waals surface area contributed by atoms with E-state index in [-0.39, 0.29) is 5.78 Å². The van der Waals surface area contributed by atoms with Gasteiger partial charge in [0.25, 0.3) is 0 Å². The molecule has 0 unspecified atom stereocenters. The highest BCUT2D eigenvalue weighted by Crippen LogP contribution is 2.37. The van der Waals surface area contributed by atoms with Crippen LogP contribution in [0.25, 0.3) is 0 Å². The lowest BCUT2D eigenvalue weighted by Gasteiger charge is -2.26. The van der Waals surface area contributed by atoms with Crippen LogP contribution in [0.3, 0.4) is 0 Å². The van der Waals surface area contributed by atoms with Crippen LogP contribution in [-0.2, 0) is 24.1 Å². The Balaban J connectivity index is 2.19. The van der Waals surface area contributed by atoms with E-state index >= 15 is 0 Å². The maximum absolute atomic E-state index is 12.3. The second kappa shape index (κ2) is 13.7. The summed E-state index contributed by atoms with van der Waals surface area (Å²) in [5.41, 5.74) is 4.91. The number of rotatable bonds is 15. The Labute approximate surface area is 185 Å². The van der Waals surface area contributed by atoms with Gasteiger partial charge in [-0.2, -0.15) is 0 Å². The molecule has 0 atom stereocenters. The monoisotopic (exact) mass is 412 g/mol. The molecule has 168 valence electrons. The summed E-state index contributed by atoms with van der Waals surface area (Å²) in [5.74, 6) is 2.14. The Hall–Kier alpha value is -1.57. The zero-order valence-electron chi connectivity index (χ0n) is 20.1. The van der Waals surface area contributed by atoms with Crippen LogP contribution in [0.4, 0.5) is 0 Å². The minimum absolute atomic E-state index is 0.162. The number of unbranched alkanes of at least 4 members (excludes halogenated alkanes) is 8. The molecule has 2 rings (SSSR count). The molecule has 1 aliphatic heterocycles. The van der Waals surface area contributed by atoms with Crippen LogP contribution >= 0.6 is 0 Å². The SMILES string of the molecule is CCCCCCCc1cc(CCCCCCC)c2c(c1)CC(C(C)=O)=C(CCC)O2. The second-order valence-electron chi connectivity index (χ2n) is 9.06. The molecule has 0 aliphatic carbocycles. The molecule has 0 amide bonds. The predicted octanol–water partition coefficient (Wildman–Crippen LogP) is 8.29. The number of ketones is 1. The van der Waals surface area contributed by atoms with Crippen LogP contribution in [0.2, 0.25) is 0 Å². The Morgan fingerprint density at radius 1 is 0.800 bits per heavy atom. The molecule has 0 radical (unpaired) electrons. The molecule has 2 nitrogen and oxygen atoms in total. The Morgan fingerprint density at radius 2 is 1.43 bits per heavy atom. The molecule has 1 aliphatic rings. The van der Waals surface area contributed by atoms with E-state index in [4.69, 9.17) is 4.74 Å². The lowest BCUT2D eigenvalue weighted by molar-refractivity contribution is -0.113. The molecule has 0 aromatic heterocycles. The maximum Gasteiger partial charge on any atom is 0.159 e. The molecule has 30 heavy (non-hydrogen) atoms. The first-order chi connectivity index (χ1) is 14.6. The predicted molar refractivity (Wildman–Crippen MR) is 128 cm³/mol. The number of Topliss-reactive ketones (excluding diaryl/α,β-unsaturated/α-hetero) is 1. The molecule has 1 heterocycles. The number of ether oxygens (including phenoxy) is 1. The first-order valence-corrected chi connectivity index (χ1v) is 12.7. The van der Waals surface area contributed by atoms with Crippen molar-refractivity contribution >= 4 is 5.78 Å². The highest BCUT2D eigenvalue weighted by atomic mass is 16.5. The number of carbonyl (C=O) groups is 1. The van der Waals surface area contributed by atoms with E-state index in [1.807, 2.05) is 0 Å². The normalized spacial score (nSPS) is 13.3. The standard InChI is InChI=1S/C28H44O2/c1-5-8-10-12-14-17-23-19-24(18-15-13-11-9-6-2)28-25(20-23)21-26(22(4)29)27(30-28)16-7-3/h19-20H,5-18,21H2,1-4H3. The van der Waals surface area contributed by atoms with Gasteiger partial charge in [0.1, 0.15) is 11.5 Å². The van der Waals surface area contributed by atoms with E-state index in [1.54, 1.807) is 6.92 Å². The van der Waals surface area contributed by atoms with Gasteiger partial charge in [-0.1, -0.05) is 84.3 Å². The number of allylic oxidation sites excluding steroid dienone is 2. The summed E-state index contributed by atoms with van der Waals surface area (Å²) in [6.07, 6.45) is 17.8. The summed E-state index contributed by atoms with van der Waals surface area (Å²) in [5, 5.41) is 0. The minimum Gasteiger partial charge on any atom is -0.461 e. The number of aryl methyl sites for hydroxylation is 2. The third-order valence-electron chi connectivity index (χ3n) is 6.25. The fourth-order valence-electron chi connectivity index (χ4n) is 4.49. The first-order valence-electron chi connectivity index (χ1n) is 12.7. The van der Waals surface area contributed by atoms with Gasteiger partial charge in [-0.3, -0.25) is 4.79 Å². The lowest BCUT2D eigenvalue weighted by Crippen LogP contribution is -2.17. The van der Waals surface area contributed by atoms with Gasteiger partial charge in [0.2, 0.25) is 0 Å². The van der Waals surface area contributed by atoms with E-state index in [1.165, 1.54) is 80.9 Å². The van der Waals surface area contributed by atoms with Crippen molar-refractivity contribution in [3.63, 3.8) is 0 Å². The summed E-state index contributed by atoms with van der Waals surface area (Å²) in [6, 6.07) is 4.72. The van der Waals surface area contributed by atoms with E-state index in [2.05, 4.69) is 32.9 Å². The smallest absolute Gasteiger partial charge is 0.159 e. The minimum atomic E-state index is 0.162. The molecule has 0 bridgehead atoms. The van der Waals surface area contributed by atoms with Crippen molar-refractivity contribution in [3.8, 4) is 5.75 Å². The van der Waals surface area contributed by atoms with Crippen molar-refractivity contribution in [2.45, 2.75) is 124 Å². The fourth-order valence-corrected chi connectivity index (χ4v) is 4.49. The topological polar surface area (TPSA) is 26.3 Å². The summed E-state index contributed by atoms with van der Waals surface area (Å²) < 4.78 is 6.43. The zero-order valence-corrected chi connectivity index (χ0v) is 20.1. The summed E-state index contributed by atoms with van der Waals surface area (Å²) in [7, 11) is 0. The van der Waals surface area contributed by atoms with Gasteiger partial charge in [-0.25, -0.2) is 0 Å². The van der Waals surface area contributed by atoms with Gasteiger partial charge >= 0.3 is 0 Å². The molecule has 0 saturated carbocycles.